The molecule has 3 rings (SSSR count). The molecule has 0 unspecified atom stereocenters. The number of benzene rings is 2. The van der Waals surface area contributed by atoms with Crippen LogP contribution in [-0.4, -0.2) is 42.0 Å². The highest BCUT2D eigenvalue weighted by Gasteiger charge is 2.20. The van der Waals surface area contributed by atoms with Gasteiger partial charge in [-0.05, 0) is 24.6 Å². The lowest BCUT2D eigenvalue weighted by Crippen LogP contribution is -2.30. The molecular formula is C22H20F2N2O4S. The Balaban J connectivity index is 1.54. The predicted molar refractivity (Wildman–Crippen MR) is 112 cm³/mol. The number of thiazole rings is 1. The van der Waals surface area contributed by atoms with Crippen molar-refractivity contribution in [2.45, 2.75) is 20.1 Å². The Hall–Kier alpha value is -3.33. The van der Waals surface area contributed by atoms with Gasteiger partial charge in [0, 0.05) is 19.2 Å². The molecule has 1 aromatic heterocycles. The number of aryl methyl sites for hydroxylation is 1. The van der Waals surface area contributed by atoms with E-state index in [1.807, 2.05) is 30.3 Å². The van der Waals surface area contributed by atoms with Crippen LogP contribution in [0, 0.1) is 6.92 Å². The molecule has 162 valence electrons. The Labute approximate surface area is 182 Å². The molecule has 0 aliphatic carbocycles. The number of esters is 1. The fourth-order valence-electron chi connectivity index (χ4n) is 2.73. The van der Waals surface area contributed by atoms with Crippen molar-refractivity contribution in [3.8, 4) is 16.3 Å². The van der Waals surface area contributed by atoms with Gasteiger partial charge in [0.1, 0.15) is 15.6 Å². The van der Waals surface area contributed by atoms with E-state index in [1.165, 1.54) is 28.4 Å². The van der Waals surface area contributed by atoms with Crippen molar-refractivity contribution in [1.82, 2.24) is 9.88 Å². The Morgan fingerprint density at radius 2 is 1.77 bits per heavy atom. The smallest absolute Gasteiger partial charge is 0.387 e. The molecule has 2 aromatic carbocycles. The second-order valence-corrected chi connectivity index (χ2v) is 7.65. The number of amides is 1. The van der Waals surface area contributed by atoms with Gasteiger partial charge in [-0.15, -0.1) is 11.3 Å². The van der Waals surface area contributed by atoms with Crippen LogP contribution in [0.3, 0.4) is 0 Å². The van der Waals surface area contributed by atoms with E-state index in [-0.39, 0.29) is 12.3 Å². The van der Waals surface area contributed by atoms with Crippen LogP contribution in [0.1, 0.15) is 20.9 Å². The fourth-order valence-corrected chi connectivity index (χ4v) is 3.70. The standard InChI is InChI=1S/C22H20F2N2O4S/c1-14-19(31-20(25-14)16-6-4-3-5-7-16)21(28)29-13-18(27)26(2)12-15-8-10-17(11-9-15)30-22(23)24/h3-11,22H,12-13H2,1-2H3. The molecule has 0 aliphatic rings. The van der Waals surface area contributed by atoms with Gasteiger partial charge in [-0.2, -0.15) is 8.78 Å². The Kier molecular flexibility index (Phi) is 7.30. The Bertz CT molecular complexity index is 1040. The van der Waals surface area contributed by atoms with Crippen molar-refractivity contribution in [2.75, 3.05) is 13.7 Å². The van der Waals surface area contributed by atoms with Gasteiger partial charge in [-0.1, -0.05) is 42.5 Å². The maximum absolute atomic E-state index is 12.4. The topological polar surface area (TPSA) is 68.7 Å². The highest BCUT2D eigenvalue weighted by Crippen LogP contribution is 2.28. The first kappa shape index (κ1) is 22.4. The summed E-state index contributed by atoms with van der Waals surface area (Å²) in [5, 5.41) is 0.702. The summed E-state index contributed by atoms with van der Waals surface area (Å²) in [4.78, 5) is 30.9. The lowest BCUT2D eigenvalue weighted by atomic mass is 10.2. The van der Waals surface area contributed by atoms with Crippen LogP contribution in [0.4, 0.5) is 8.78 Å². The average molecular weight is 446 g/mol. The zero-order valence-corrected chi connectivity index (χ0v) is 17.7. The molecule has 1 heterocycles. The second-order valence-electron chi connectivity index (χ2n) is 6.65. The van der Waals surface area contributed by atoms with Gasteiger partial charge in [0.25, 0.3) is 5.91 Å². The van der Waals surface area contributed by atoms with Gasteiger partial charge in [-0.25, -0.2) is 9.78 Å². The molecule has 0 fully saturated rings. The number of hydrogen-bond acceptors (Lipinski definition) is 6. The number of carbonyl (C=O) groups is 2. The molecule has 3 aromatic rings. The second kappa shape index (κ2) is 10.1. The van der Waals surface area contributed by atoms with Gasteiger partial charge in [0.15, 0.2) is 6.61 Å². The minimum Gasteiger partial charge on any atom is -0.451 e. The van der Waals surface area contributed by atoms with Crippen molar-refractivity contribution < 1.29 is 27.8 Å². The van der Waals surface area contributed by atoms with Crippen LogP contribution in [-0.2, 0) is 16.1 Å². The Morgan fingerprint density at radius 3 is 2.42 bits per heavy atom. The van der Waals surface area contributed by atoms with E-state index in [0.29, 0.717) is 15.6 Å². The summed E-state index contributed by atoms with van der Waals surface area (Å²) in [6.45, 7) is -1.37. The molecule has 0 bridgehead atoms. The minimum absolute atomic E-state index is 0.0384. The number of alkyl halides is 2. The van der Waals surface area contributed by atoms with E-state index in [0.717, 1.165) is 11.1 Å². The number of likely N-dealkylation sites (N-methyl/N-ethyl adjacent to an activating group) is 1. The highest BCUT2D eigenvalue weighted by molar-refractivity contribution is 7.17. The molecule has 1 amide bonds. The number of ether oxygens (including phenoxy) is 2. The summed E-state index contributed by atoms with van der Waals surface area (Å²) in [7, 11) is 1.56. The average Bonchev–Trinajstić information content (AvgIpc) is 3.15. The molecule has 9 heteroatoms. The van der Waals surface area contributed by atoms with Crippen LogP contribution < -0.4 is 4.74 Å². The van der Waals surface area contributed by atoms with E-state index in [4.69, 9.17) is 4.74 Å². The zero-order valence-electron chi connectivity index (χ0n) is 16.9. The number of aromatic nitrogens is 1. The third kappa shape index (κ3) is 6.08. The van der Waals surface area contributed by atoms with Gasteiger partial charge in [-0.3, -0.25) is 4.79 Å². The summed E-state index contributed by atoms with van der Waals surface area (Å²) in [5.41, 5.74) is 2.16. The molecule has 0 N–H and O–H groups in total. The van der Waals surface area contributed by atoms with Crippen molar-refractivity contribution in [2.24, 2.45) is 0 Å². The highest BCUT2D eigenvalue weighted by atomic mass is 32.1. The molecule has 6 nitrogen and oxygen atoms in total. The third-order valence-electron chi connectivity index (χ3n) is 4.32. The zero-order chi connectivity index (χ0) is 22.4. The molecule has 0 aliphatic heterocycles. The van der Waals surface area contributed by atoms with Gasteiger partial charge >= 0.3 is 12.6 Å². The monoisotopic (exact) mass is 446 g/mol. The molecule has 0 saturated heterocycles. The van der Waals surface area contributed by atoms with Crippen molar-refractivity contribution >= 4 is 23.2 Å². The third-order valence-corrected chi connectivity index (χ3v) is 5.51. The lowest BCUT2D eigenvalue weighted by Gasteiger charge is -2.17. The predicted octanol–water partition coefficient (Wildman–Crippen LogP) is 4.54. The first-order valence-electron chi connectivity index (χ1n) is 9.31. The van der Waals surface area contributed by atoms with E-state index >= 15 is 0 Å². The Morgan fingerprint density at radius 1 is 1.10 bits per heavy atom. The summed E-state index contributed by atoms with van der Waals surface area (Å²) in [6.07, 6.45) is 0. The molecular weight excluding hydrogens is 426 g/mol. The number of nitrogens with zero attached hydrogens (tertiary/aromatic N) is 2. The first-order chi connectivity index (χ1) is 14.8. The SMILES string of the molecule is Cc1nc(-c2ccccc2)sc1C(=O)OCC(=O)N(C)Cc1ccc(OC(F)F)cc1. The van der Waals surface area contributed by atoms with Crippen molar-refractivity contribution in [3.63, 3.8) is 0 Å². The molecule has 0 radical (unpaired) electrons. The van der Waals surface area contributed by atoms with Crippen LogP contribution in [0.5, 0.6) is 5.75 Å². The normalized spacial score (nSPS) is 10.7. The number of hydrogen-bond donors (Lipinski definition) is 0. The van der Waals surface area contributed by atoms with Crippen LogP contribution in [0.15, 0.2) is 54.6 Å². The molecule has 0 saturated carbocycles. The number of halogens is 2. The van der Waals surface area contributed by atoms with Crippen molar-refractivity contribution in [1.29, 1.82) is 0 Å². The molecule has 31 heavy (non-hydrogen) atoms. The van der Waals surface area contributed by atoms with E-state index < -0.39 is 25.1 Å². The molecule has 0 atom stereocenters. The fraction of sp³-hybridized carbons (Fsp3) is 0.227. The van der Waals surface area contributed by atoms with E-state index in [2.05, 4.69) is 9.72 Å². The van der Waals surface area contributed by atoms with Gasteiger partial charge in [0.2, 0.25) is 0 Å². The maximum atomic E-state index is 12.4. The quantitative estimate of drug-likeness (QED) is 0.476. The van der Waals surface area contributed by atoms with Gasteiger partial charge in [0.05, 0.1) is 5.69 Å². The lowest BCUT2D eigenvalue weighted by molar-refractivity contribution is -0.133. The first-order valence-corrected chi connectivity index (χ1v) is 10.1. The summed E-state index contributed by atoms with van der Waals surface area (Å²) >= 11 is 1.21. The summed E-state index contributed by atoms with van der Waals surface area (Å²) in [5.74, 6) is -0.962. The van der Waals surface area contributed by atoms with Crippen LogP contribution >= 0.6 is 11.3 Å². The van der Waals surface area contributed by atoms with Crippen LogP contribution in [0.2, 0.25) is 0 Å². The van der Waals surface area contributed by atoms with E-state index in [1.54, 1.807) is 26.1 Å². The van der Waals surface area contributed by atoms with E-state index in [9.17, 15) is 18.4 Å². The van der Waals surface area contributed by atoms with Crippen LogP contribution in [0.25, 0.3) is 10.6 Å². The molecule has 0 spiro atoms. The minimum atomic E-state index is -2.89. The summed E-state index contributed by atoms with van der Waals surface area (Å²) in [6, 6.07) is 15.4. The summed E-state index contributed by atoms with van der Waals surface area (Å²) < 4.78 is 33.9. The maximum Gasteiger partial charge on any atom is 0.387 e. The van der Waals surface area contributed by atoms with Crippen molar-refractivity contribution in [3.05, 3.63) is 70.7 Å². The number of carbonyl (C=O) groups excluding carboxylic acids is 2. The van der Waals surface area contributed by atoms with Gasteiger partial charge < -0.3 is 14.4 Å². The largest absolute Gasteiger partial charge is 0.451 e. The number of rotatable bonds is 8.